The van der Waals surface area contributed by atoms with Gasteiger partial charge in [0, 0.05) is 19.5 Å². The van der Waals surface area contributed by atoms with E-state index in [9.17, 15) is 10.2 Å². The first-order valence-electron chi connectivity index (χ1n) is 8.43. The van der Waals surface area contributed by atoms with Crippen molar-refractivity contribution in [1.82, 2.24) is 10.2 Å². The molecule has 1 aromatic rings. The molecule has 132 valence electrons. The van der Waals surface area contributed by atoms with E-state index < -0.39 is 0 Å². The maximum Gasteiger partial charge on any atom is 0.200 e. The number of para-hydroxylation sites is 1. The number of guanidine groups is 1. The lowest BCUT2D eigenvalue weighted by molar-refractivity contribution is 0.399. The summed E-state index contributed by atoms with van der Waals surface area (Å²) in [5, 5.41) is 22.8. The predicted octanol–water partition coefficient (Wildman–Crippen LogP) is 2.57. The topological polar surface area (TPSA) is 80.5 Å². The Hall–Kier alpha value is -2.24. The second-order valence-corrected chi connectivity index (χ2v) is 6.77. The largest absolute Gasteiger partial charge is 0.504 e. The van der Waals surface area contributed by atoms with Crippen LogP contribution in [0.3, 0.4) is 0 Å². The maximum absolute atomic E-state index is 9.87. The summed E-state index contributed by atoms with van der Waals surface area (Å²) in [5.41, 5.74) is 0.691. The quantitative estimate of drug-likeness (QED) is 0.724. The first kappa shape index (κ1) is 18.1. The second kappa shape index (κ2) is 7.55. The molecular formula is C18H28N4O2. The normalized spacial score (nSPS) is 19.8. The number of rotatable bonds is 5. The summed E-state index contributed by atoms with van der Waals surface area (Å²) < 4.78 is 0. The molecule has 1 aliphatic rings. The zero-order valence-electron chi connectivity index (χ0n) is 15.1. The zero-order chi connectivity index (χ0) is 17.9. The fraction of sp³-hybridized carbons (Fsp3) is 0.556. The van der Waals surface area contributed by atoms with E-state index >= 15 is 0 Å². The van der Waals surface area contributed by atoms with Crippen LogP contribution in [-0.2, 0) is 6.42 Å². The van der Waals surface area contributed by atoms with E-state index in [2.05, 4.69) is 38.0 Å². The molecule has 0 spiro atoms. The van der Waals surface area contributed by atoms with E-state index in [1.807, 2.05) is 11.9 Å². The second-order valence-electron chi connectivity index (χ2n) is 6.77. The van der Waals surface area contributed by atoms with Crippen molar-refractivity contribution in [3.05, 3.63) is 23.8 Å². The Morgan fingerprint density at radius 3 is 2.58 bits per heavy atom. The van der Waals surface area contributed by atoms with Gasteiger partial charge in [-0.05, 0) is 24.0 Å². The number of hydrogen-bond donors (Lipinski definition) is 3. The highest BCUT2D eigenvalue weighted by molar-refractivity contribution is 6.02. The Labute approximate surface area is 143 Å². The van der Waals surface area contributed by atoms with Gasteiger partial charge in [0.1, 0.15) is 12.0 Å². The number of nitrogens with one attached hydrogen (secondary N) is 1. The highest BCUT2D eigenvalue weighted by Crippen LogP contribution is 2.28. The van der Waals surface area contributed by atoms with Crippen molar-refractivity contribution in [3.63, 3.8) is 0 Å². The molecule has 0 saturated heterocycles. The van der Waals surface area contributed by atoms with Crippen molar-refractivity contribution < 1.29 is 10.2 Å². The van der Waals surface area contributed by atoms with E-state index in [-0.39, 0.29) is 17.7 Å². The first-order valence-corrected chi connectivity index (χ1v) is 8.43. The van der Waals surface area contributed by atoms with E-state index in [0.29, 0.717) is 30.4 Å². The van der Waals surface area contributed by atoms with Crippen molar-refractivity contribution in [2.24, 2.45) is 21.8 Å². The lowest BCUT2D eigenvalue weighted by atomic mass is 10.1. The average molecular weight is 332 g/mol. The van der Waals surface area contributed by atoms with Gasteiger partial charge >= 0.3 is 0 Å². The van der Waals surface area contributed by atoms with Crippen molar-refractivity contribution in [2.45, 2.75) is 40.3 Å². The monoisotopic (exact) mass is 332 g/mol. The molecule has 0 aliphatic carbocycles. The standard InChI is InChI=1S/C18H28N4O2/c1-11(2)16-20-17(12(3)4)22(5)18(21-16)19-10-9-13-7-6-8-14(23)15(13)24/h6-8,11-12,16,23-24H,9-10H2,1-5H3,(H,19,21). The molecule has 1 heterocycles. The summed E-state index contributed by atoms with van der Waals surface area (Å²) in [6, 6.07) is 4.99. The molecule has 0 amide bonds. The third-order valence-electron chi connectivity index (χ3n) is 4.10. The third-order valence-corrected chi connectivity index (χ3v) is 4.10. The highest BCUT2D eigenvalue weighted by atomic mass is 16.3. The van der Waals surface area contributed by atoms with Crippen LogP contribution in [0.2, 0.25) is 0 Å². The Kier molecular flexibility index (Phi) is 5.70. The molecule has 6 nitrogen and oxygen atoms in total. The van der Waals surface area contributed by atoms with Crippen molar-refractivity contribution in [3.8, 4) is 11.5 Å². The molecule has 1 atom stereocenters. The van der Waals surface area contributed by atoms with Gasteiger partial charge in [0.25, 0.3) is 0 Å². The van der Waals surface area contributed by atoms with Crippen LogP contribution in [0.5, 0.6) is 11.5 Å². The van der Waals surface area contributed by atoms with Crippen LogP contribution in [-0.4, -0.2) is 46.7 Å². The minimum Gasteiger partial charge on any atom is -0.504 e. The molecule has 0 saturated carbocycles. The summed E-state index contributed by atoms with van der Waals surface area (Å²) >= 11 is 0. The maximum atomic E-state index is 9.87. The fourth-order valence-corrected chi connectivity index (χ4v) is 2.66. The molecule has 3 N–H and O–H groups in total. The molecule has 0 radical (unpaired) electrons. The van der Waals surface area contributed by atoms with Crippen LogP contribution < -0.4 is 5.32 Å². The molecule has 2 rings (SSSR count). The molecule has 0 aromatic heterocycles. The number of aliphatic imine (C=N–C) groups is 2. The summed E-state index contributed by atoms with van der Waals surface area (Å²) in [6.07, 6.45) is 0.575. The van der Waals surface area contributed by atoms with E-state index in [4.69, 9.17) is 4.99 Å². The van der Waals surface area contributed by atoms with Crippen LogP contribution in [0.1, 0.15) is 33.3 Å². The number of amidine groups is 1. The smallest absolute Gasteiger partial charge is 0.200 e. The Balaban J connectivity index is 2.13. The van der Waals surface area contributed by atoms with Gasteiger partial charge in [0.05, 0.1) is 0 Å². The van der Waals surface area contributed by atoms with Crippen LogP contribution in [0.4, 0.5) is 0 Å². The van der Waals surface area contributed by atoms with Crippen molar-refractivity contribution in [1.29, 1.82) is 0 Å². The summed E-state index contributed by atoms with van der Waals surface area (Å²) in [4.78, 5) is 11.4. The van der Waals surface area contributed by atoms with Gasteiger partial charge in [-0.25, -0.2) is 4.99 Å². The first-order chi connectivity index (χ1) is 11.3. The summed E-state index contributed by atoms with van der Waals surface area (Å²) in [6.45, 7) is 9.03. The molecular weight excluding hydrogens is 304 g/mol. The Morgan fingerprint density at radius 2 is 1.96 bits per heavy atom. The predicted molar refractivity (Wildman–Crippen MR) is 97.6 cm³/mol. The number of benzene rings is 1. The molecule has 6 heteroatoms. The molecule has 0 fully saturated rings. The number of phenols is 2. The molecule has 1 aliphatic heterocycles. The molecule has 1 aromatic carbocycles. The molecule has 0 bridgehead atoms. The van der Waals surface area contributed by atoms with Crippen LogP contribution >= 0.6 is 0 Å². The van der Waals surface area contributed by atoms with Crippen LogP contribution in [0, 0.1) is 11.8 Å². The van der Waals surface area contributed by atoms with Gasteiger partial charge in [0.15, 0.2) is 11.5 Å². The Bertz CT molecular complexity index is 638. The summed E-state index contributed by atoms with van der Waals surface area (Å²) in [7, 11) is 1.97. The SMILES string of the molecule is CC(C)C1=NC(C(C)C)NC(=NCCc2cccc(O)c2O)N1C. The van der Waals surface area contributed by atoms with Gasteiger partial charge in [-0.3, -0.25) is 4.99 Å². The fourth-order valence-electron chi connectivity index (χ4n) is 2.66. The van der Waals surface area contributed by atoms with E-state index in [1.54, 1.807) is 12.1 Å². The van der Waals surface area contributed by atoms with Gasteiger partial charge in [0.2, 0.25) is 5.96 Å². The Morgan fingerprint density at radius 1 is 1.25 bits per heavy atom. The van der Waals surface area contributed by atoms with Gasteiger partial charge in [-0.1, -0.05) is 39.8 Å². The van der Waals surface area contributed by atoms with Crippen molar-refractivity contribution >= 4 is 11.8 Å². The number of aromatic hydroxyl groups is 2. The van der Waals surface area contributed by atoms with Crippen molar-refractivity contribution in [2.75, 3.05) is 13.6 Å². The molecule has 24 heavy (non-hydrogen) atoms. The van der Waals surface area contributed by atoms with Gasteiger partial charge < -0.3 is 20.4 Å². The van der Waals surface area contributed by atoms with Gasteiger partial charge in [-0.15, -0.1) is 0 Å². The number of phenolic OH excluding ortho intramolecular Hbond substituents is 2. The minimum absolute atomic E-state index is 0.0199. The average Bonchev–Trinajstić information content (AvgIpc) is 2.52. The zero-order valence-corrected chi connectivity index (χ0v) is 15.1. The van der Waals surface area contributed by atoms with Crippen LogP contribution in [0.15, 0.2) is 28.2 Å². The lowest BCUT2D eigenvalue weighted by Crippen LogP contribution is -2.54. The number of hydrogen-bond acceptors (Lipinski definition) is 4. The van der Waals surface area contributed by atoms with Crippen LogP contribution in [0.25, 0.3) is 0 Å². The number of nitrogens with zero attached hydrogens (tertiary/aromatic N) is 3. The molecule has 1 unspecified atom stereocenters. The lowest BCUT2D eigenvalue weighted by Gasteiger charge is -2.35. The van der Waals surface area contributed by atoms with E-state index in [0.717, 1.165) is 11.8 Å². The van der Waals surface area contributed by atoms with E-state index in [1.165, 1.54) is 6.07 Å². The summed E-state index contributed by atoms with van der Waals surface area (Å²) in [5.74, 6) is 2.35. The van der Waals surface area contributed by atoms with Gasteiger partial charge in [-0.2, -0.15) is 0 Å². The minimum atomic E-state index is -0.0952. The third kappa shape index (κ3) is 3.99. The highest BCUT2D eigenvalue weighted by Gasteiger charge is 2.26.